The van der Waals surface area contributed by atoms with Crippen molar-refractivity contribution in [2.75, 3.05) is 0 Å². The zero-order valence-corrected chi connectivity index (χ0v) is 11.0. The van der Waals surface area contributed by atoms with E-state index >= 15 is 0 Å². The molecule has 0 unspecified atom stereocenters. The van der Waals surface area contributed by atoms with Gasteiger partial charge in [-0.2, -0.15) is 0 Å². The maximum Gasteiger partial charge on any atom is 0.161 e. The first-order chi connectivity index (χ1) is 9.26. The number of rotatable bonds is 3. The monoisotopic (exact) mass is 272 g/mol. The molecule has 0 aliphatic heterocycles. The Morgan fingerprint density at radius 2 is 1.84 bits per heavy atom. The van der Waals surface area contributed by atoms with Gasteiger partial charge in [0.05, 0.1) is 0 Å². The minimum atomic E-state index is 0.510. The molecule has 0 amide bonds. The SMILES string of the molecule is NCc1ccn2c(Cc3ccc(Cl)cc3)nnc2c1. The fraction of sp³-hybridized carbons (Fsp3) is 0.143. The minimum Gasteiger partial charge on any atom is -0.326 e. The Hall–Kier alpha value is -1.91. The second-order valence-electron chi connectivity index (χ2n) is 4.39. The van der Waals surface area contributed by atoms with Crippen LogP contribution in [0.25, 0.3) is 5.65 Å². The molecule has 2 aromatic heterocycles. The summed E-state index contributed by atoms with van der Waals surface area (Å²) in [7, 11) is 0. The van der Waals surface area contributed by atoms with E-state index in [0.29, 0.717) is 6.54 Å². The highest BCUT2D eigenvalue weighted by Gasteiger charge is 2.06. The molecule has 0 radical (unpaired) electrons. The summed E-state index contributed by atoms with van der Waals surface area (Å²) in [6, 6.07) is 11.7. The third kappa shape index (κ3) is 2.45. The standard InChI is InChI=1S/C14H13ClN4/c15-12-3-1-10(2-4-12)7-13-17-18-14-8-11(9-16)5-6-19(13)14/h1-6,8H,7,9,16H2. The van der Waals surface area contributed by atoms with Crippen molar-refractivity contribution in [3.05, 3.63) is 64.6 Å². The van der Waals surface area contributed by atoms with Gasteiger partial charge >= 0.3 is 0 Å². The number of benzene rings is 1. The van der Waals surface area contributed by atoms with Crippen molar-refractivity contribution in [3.8, 4) is 0 Å². The molecule has 96 valence electrons. The summed E-state index contributed by atoms with van der Waals surface area (Å²) < 4.78 is 1.98. The Bertz CT molecular complexity index is 703. The topological polar surface area (TPSA) is 56.2 Å². The van der Waals surface area contributed by atoms with Crippen molar-refractivity contribution in [1.29, 1.82) is 0 Å². The average molecular weight is 273 g/mol. The molecular formula is C14H13ClN4. The minimum absolute atomic E-state index is 0.510. The van der Waals surface area contributed by atoms with Gasteiger partial charge in [0.2, 0.25) is 0 Å². The van der Waals surface area contributed by atoms with Crippen molar-refractivity contribution in [2.45, 2.75) is 13.0 Å². The number of pyridine rings is 1. The Kier molecular flexibility index (Phi) is 3.19. The first-order valence-electron chi connectivity index (χ1n) is 6.03. The van der Waals surface area contributed by atoms with Gasteiger partial charge in [-0.15, -0.1) is 10.2 Å². The maximum absolute atomic E-state index is 5.88. The normalized spacial score (nSPS) is 11.1. The third-order valence-corrected chi connectivity index (χ3v) is 3.31. The van der Waals surface area contributed by atoms with Gasteiger partial charge < -0.3 is 5.73 Å². The quantitative estimate of drug-likeness (QED) is 0.797. The molecule has 0 aliphatic rings. The van der Waals surface area contributed by atoms with E-state index in [1.54, 1.807) is 0 Å². The van der Waals surface area contributed by atoms with E-state index in [2.05, 4.69) is 10.2 Å². The van der Waals surface area contributed by atoms with Crippen molar-refractivity contribution in [3.63, 3.8) is 0 Å². The smallest absolute Gasteiger partial charge is 0.161 e. The van der Waals surface area contributed by atoms with Gasteiger partial charge in [-0.1, -0.05) is 23.7 Å². The van der Waals surface area contributed by atoms with Crippen molar-refractivity contribution >= 4 is 17.2 Å². The molecule has 0 atom stereocenters. The van der Waals surface area contributed by atoms with E-state index in [9.17, 15) is 0 Å². The molecule has 2 heterocycles. The lowest BCUT2D eigenvalue weighted by molar-refractivity contribution is 0.932. The van der Waals surface area contributed by atoms with E-state index in [4.69, 9.17) is 17.3 Å². The number of nitrogens with zero attached hydrogens (tertiary/aromatic N) is 3. The fourth-order valence-corrected chi connectivity index (χ4v) is 2.14. The Labute approximate surface area is 115 Å². The number of hydrogen-bond acceptors (Lipinski definition) is 3. The van der Waals surface area contributed by atoms with E-state index in [1.165, 1.54) is 0 Å². The predicted octanol–water partition coefficient (Wildman–Crippen LogP) is 2.43. The molecule has 5 heteroatoms. The van der Waals surface area contributed by atoms with Crippen LogP contribution >= 0.6 is 11.6 Å². The summed E-state index contributed by atoms with van der Waals surface area (Å²) in [5.41, 5.74) is 8.65. The summed E-state index contributed by atoms with van der Waals surface area (Å²) in [5, 5.41) is 9.14. The summed E-state index contributed by atoms with van der Waals surface area (Å²) in [6.07, 6.45) is 2.68. The van der Waals surface area contributed by atoms with Crippen LogP contribution < -0.4 is 5.73 Å². The van der Waals surface area contributed by atoms with Gasteiger partial charge in [0.1, 0.15) is 5.82 Å². The first kappa shape index (κ1) is 12.1. The molecule has 0 bridgehead atoms. The van der Waals surface area contributed by atoms with E-state index in [0.717, 1.165) is 34.0 Å². The zero-order chi connectivity index (χ0) is 13.2. The van der Waals surface area contributed by atoms with Crippen molar-refractivity contribution in [1.82, 2.24) is 14.6 Å². The molecule has 2 N–H and O–H groups in total. The molecule has 0 aliphatic carbocycles. The summed E-state index contributed by atoms with van der Waals surface area (Å²) in [4.78, 5) is 0. The van der Waals surface area contributed by atoms with Crippen LogP contribution in [0.3, 0.4) is 0 Å². The van der Waals surface area contributed by atoms with Gasteiger partial charge in [-0.25, -0.2) is 0 Å². The number of halogens is 1. The highest BCUT2D eigenvalue weighted by molar-refractivity contribution is 6.30. The molecule has 0 saturated carbocycles. The summed E-state index contributed by atoms with van der Waals surface area (Å²) in [5.74, 6) is 0.904. The largest absolute Gasteiger partial charge is 0.326 e. The molecule has 0 saturated heterocycles. The number of aromatic nitrogens is 3. The molecular weight excluding hydrogens is 260 g/mol. The van der Waals surface area contributed by atoms with E-state index in [-0.39, 0.29) is 0 Å². The van der Waals surface area contributed by atoms with Crippen molar-refractivity contribution in [2.24, 2.45) is 5.73 Å². The lowest BCUT2D eigenvalue weighted by Gasteiger charge is -2.02. The van der Waals surface area contributed by atoms with Crippen LogP contribution in [0.2, 0.25) is 5.02 Å². The summed E-state index contributed by atoms with van der Waals surface area (Å²) in [6.45, 7) is 0.510. The molecule has 0 fully saturated rings. The van der Waals surface area contributed by atoms with E-state index in [1.807, 2.05) is 47.0 Å². The lowest BCUT2D eigenvalue weighted by Crippen LogP contribution is -1.99. The van der Waals surface area contributed by atoms with E-state index < -0.39 is 0 Å². The number of hydrogen-bond donors (Lipinski definition) is 1. The molecule has 4 nitrogen and oxygen atoms in total. The van der Waals surface area contributed by atoms with Gasteiger partial charge in [-0.3, -0.25) is 4.40 Å². The Morgan fingerprint density at radius 1 is 1.05 bits per heavy atom. The highest BCUT2D eigenvalue weighted by atomic mass is 35.5. The highest BCUT2D eigenvalue weighted by Crippen LogP contribution is 2.14. The van der Waals surface area contributed by atoms with Crippen LogP contribution in [0.5, 0.6) is 0 Å². The zero-order valence-electron chi connectivity index (χ0n) is 10.3. The average Bonchev–Trinajstić information content (AvgIpc) is 2.83. The second kappa shape index (κ2) is 4.99. The lowest BCUT2D eigenvalue weighted by atomic mass is 10.1. The van der Waals surface area contributed by atoms with Crippen LogP contribution in [0.1, 0.15) is 17.0 Å². The molecule has 19 heavy (non-hydrogen) atoms. The Balaban J connectivity index is 1.95. The van der Waals surface area contributed by atoms with Gasteiger partial charge in [0, 0.05) is 24.2 Å². The molecule has 3 rings (SSSR count). The predicted molar refractivity (Wildman–Crippen MR) is 75.1 cm³/mol. The Morgan fingerprint density at radius 3 is 2.58 bits per heavy atom. The molecule has 0 spiro atoms. The van der Waals surface area contributed by atoms with Crippen LogP contribution in [-0.2, 0) is 13.0 Å². The van der Waals surface area contributed by atoms with Crippen LogP contribution in [0.4, 0.5) is 0 Å². The van der Waals surface area contributed by atoms with Crippen molar-refractivity contribution < 1.29 is 0 Å². The van der Waals surface area contributed by atoms with Crippen LogP contribution in [0.15, 0.2) is 42.6 Å². The van der Waals surface area contributed by atoms with Gasteiger partial charge in [0.15, 0.2) is 5.65 Å². The maximum atomic E-state index is 5.88. The number of nitrogens with two attached hydrogens (primary N) is 1. The van der Waals surface area contributed by atoms with Crippen LogP contribution in [0, 0.1) is 0 Å². The number of fused-ring (bicyclic) bond motifs is 1. The van der Waals surface area contributed by atoms with Gasteiger partial charge in [-0.05, 0) is 35.4 Å². The third-order valence-electron chi connectivity index (χ3n) is 3.06. The molecule has 1 aromatic carbocycles. The fourth-order valence-electron chi connectivity index (χ4n) is 2.01. The van der Waals surface area contributed by atoms with Gasteiger partial charge in [0.25, 0.3) is 0 Å². The molecule has 3 aromatic rings. The van der Waals surface area contributed by atoms with Crippen LogP contribution in [-0.4, -0.2) is 14.6 Å². The second-order valence-corrected chi connectivity index (χ2v) is 4.82. The first-order valence-corrected chi connectivity index (χ1v) is 6.41. The summed E-state index contributed by atoms with van der Waals surface area (Å²) >= 11 is 5.88.